The van der Waals surface area contributed by atoms with Gasteiger partial charge in [-0.2, -0.15) is 0 Å². The van der Waals surface area contributed by atoms with Gasteiger partial charge >= 0.3 is 12.2 Å². The number of anilines is 2. The maximum absolute atomic E-state index is 13.1. The van der Waals surface area contributed by atoms with E-state index in [4.69, 9.17) is 9.47 Å². The first-order valence-electron chi connectivity index (χ1n) is 10.8. The SMILES string of the molecule is Cc1ccc(NC(=O)C(Oc2ccccc2)Oc2ccccc2)cc1NC(=O)c1ccccc1. The van der Waals surface area contributed by atoms with Crippen LogP contribution < -0.4 is 20.1 Å². The van der Waals surface area contributed by atoms with Crippen molar-refractivity contribution in [2.75, 3.05) is 10.6 Å². The van der Waals surface area contributed by atoms with Gasteiger partial charge in [-0.3, -0.25) is 9.59 Å². The molecule has 6 nitrogen and oxygen atoms in total. The van der Waals surface area contributed by atoms with Gasteiger partial charge in [0, 0.05) is 16.9 Å². The molecule has 4 aromatic rings. The van der Waals surface area contributed by atoms with E-state index in [0.29, 0.717) is 28.4 Å². The van der Waals surface area contributed by atoms with Crippen molar-refractivity contribution in [3.05, 3.63) is 120 Å². The first kappa shape index (κ1) is 22.6. The van der Waals surface area contributed by atoms with E-state index in [-0.39, 0.29) is 5.91 Å². The van der Waals surface area contributed by atoms with E-state index in [2.05, 4.69) is 10.6 Å². The van der Waals surface area contributed by atoms with Gasteiger partial charge in [-0.1, -0.05) is 60.7 Å². The fraction of sp³-hybridized carbons (Fsp3) is 0.0714. The highest BCUT2D eigenvalue weighted by molar-refractivity contribution is 6.05. The normalized spacial score (nSPS) is 10.4. The summed E-state index contributed by atoms with van der Waals surface area (Å²) in [6.45, 7) is 1.88. The molecule has 2 amide bonds. The van der Waals surface area contributed by atoms with Gasteiger partial charge in [0.2, 0.25) is 0 Å². The van der Waals surface area contributed by atoms with Crippen molar-refractivity contribution in [2.45, 2.75) is 13.2 Å². The molecular formula is C28H24N2O4. The molecule has 0 aromatic heterocycles. The first-order chi connectivity index (χ1) is 16.6. The number of rotatable bonds is 8. The minimum Gasteiger partial charge on any atom is -0.446 e. The van der Waals surface area contributed by atoms with Crippen LogP contribution in [0, 0.1) is 6.92 Å². The third kappa shape index (κ3) is 6.01. The fourth-order valence-corrected chi connectivity index (χ4v) is 3.20. The van der Waals surface area contributed by atoms with Gasteiger partial charge in [0.05, 0.1) is 0 Å². The van der Waals surface area contributed by atoms with Crippen molar-refractivity contribution in [3.63, 3.8) is 0 Å². The molecule has 0 radical (unpaired) electrons. The summed E-state index contributed by atoms with van der Waals surface area (Å²) in [7, 11) is 0. The number of benzene rings is 4. The lowest BCUT2D eigenvalue weighted by Crippen LogP contribution is -2.38. The van der Waals surface area contributed by atoms with Crippen LogP contribution in [0.15, 0.2) is 109 Å². The lowest BCUT2D eigenvalue weighted by Gasteiger charge is -2.20. The van der Waals surface area contributed by atoms with Crippen molar-refractivity contribution in [1.82, 2.24) is 0 Å². The Balaban J connectivity index is 1.51. The number of hydrogen-bond donors (Lipinski definition) is 2. The van der Waals surface area contributed by atoms with Crippen molar-refractivity contribution in [3.8, 4) is 11.5 Å². The fourth-order valence-electron chi connectivity index (χ4n) is 3.20. The molecule has 0 bridgehead atoms. The topological polar surface area (TPSA) is 76.7 Å². The number of nitrogens with one attached hydrogen (secondary N) is 2. The van der Waals surface area contributed by atoms with E-state index in [1.54, 1.807) is 60.7 Å². The van der Waals surface area contributed by atoms with E-state index >= 15 is 0 Å². The van der Waals surface area contributed by atoms with Crippen LogP contribution in [0.1, 0.15) is 15.9 Å². The maximum Gasteiger partial charge on any atom is 0.321 e. The first-order valence-corrected chi connectivity index (χ1v) is 10.8. The van der Waals surface area contributed by atoms with Gasteiger partial charge in [-0.05, 0) is 61.0 Å². The molecule has 2 N–H and O–H groups in total. The number of para-hydroxylation sites is 2. The Morgan fingerprint density at radius 1 is 0.676 bits per heavy atom. The lowest BCUT2D eigenvalue weighted by molar-refractivity contribution is -0.134. The highest BCUT2D eigenvalue weighted by atomic mass is 16.7. The molecule has 0 aliphatic rings. The van der Waals surface area contributed by atoms with Gasteiger partial charge in [0.15, 0.2) is 0 Å². The molecule has 170 valence electrons. The summed E-state index contributed by atoms with van der Waals surface area (Å²) in [6.07, 6.45) is -1.23. The minimum atomic E-state index is -1.23. The molecular weight excluding hydrogens is 428 g/mol. The van der Waals surface area contributed by atoms with E-state index in [0.717, 1.165) is 5.56 Å². The zero-order valence-corrected chi connectivity index (χ0v) is 18.6. The summed E-state index contributed by atoms with van der Waals surface area (Å²) in [6, 6.07) is 32.2. The van der Waals surface area contributed by atoms with Crippen molar-refractivity contribution < 1.29 is 19.1 Å². The number of ether oxygens (including phenoxy) is 2. The summed E-state index contributed by atoms with van der Waals surface area (Å²) in [4.78, 5) is 25.7. The van der Waals surface area contributed by atoms with Crippen molar-refractivity contribution >= 4 is 23.2 Å². The Bertz CT molecular complexity index is 1200. The molecule has 34 heavy (non-hydrogen) atoms. The van der Waals surface area contributed by atoms with Crippen molar-refractivity contribution in [1.29, 1.82) is 0 Å². The quantitative estimate of drug-likeness (QED) is 0.338. The Labute approximate surface area is 198 Å². The van der Waals surface area contributed by atoms with Gasteiger partial charge < -0.3 is 20.1 Å². The van der Waals surface area contributed by atoms with Crippen LogP contribution in [0.4, 0.5) is 11.4 Å². The Kier molecular flexibility index (Phi) is 7.20. The molecule has 0 spiro atoms. The second-order valence-corrected chi connectivity index (χ2v) is 7.53. The highest BCUT2D eigenvalue weighted by Gasteiger charge is 2.23. The van der Waals surface area contributed by atoms with Gasteiger partial charge in [-0.15, -0.1) is 0 Å². The third-order valence-corrected chi connectivity index (χ3v) is 4.98. The Hall–Kier alpha value is -4.58. The number of carbonyl (C=O) groups excluding carboxylic acids is 2. The number of aryl methyl sites for hydroxylation is 1. The summed E-state index contributed by atoms with van der Waals surface area (Å²) in [5, 5.41) is 5.72. The van der Waals surface area contributed by atoms with Crippen LogP contribution in [0.2, 0.25) is 0 Å². The van der Waals surface area contributed by atoms with Gasteiger partial charge in [0.1, 0.15) is 11.5 Å². The molecule has 4 aromatic carbocycles. The van der Waals surface area contributed by atoms with E-state index in [9.17, 15) is 9.59 Å². The van der Waals surface area contributed by atoms with E-state index in [1.165, 1.54) is 0 Å². The van der Waals surface area contributed by atoms with E-state index in [1.807, 2.05) is 55.5 Å². The zero-order chi connectivity index (χ0) is 23.8. The Morgan fingerprint density at radius 3 is 1.76 bits per heavy atom. The molecule has 0 unspecified atom stereocenters. The maximum atomic E-state index is 13.1. The lowest BCUT2D eigenvalue weighted by atomic mass is 10.1. The monoisotopic (exact) mass is 452 g/mol. The summed E-state index contributed by atoms with van der Waals surface area (Å²) >= 11 is 0. The summed E-state index contributed by atoms with van der Waals surface area (Å²) in [5.74, 6) is 0.276. The molecule has 0 aliphatic carbocycles. The standard InChI is InChI=1S/C28H24N2O4/c1-20-17-18-22(19-25(20)30-26(31)21-11-5-2-6-12-21)29-27(32)28(33-23-13-7-3-8-14-23)34-24-15-9-4-10-16-24/h2-19,28H,1H3,(H,29,32)(H,30,31). The number of amides is 2. The molecule has 0 saturated carbocycles. The third-order valence-electron chi connectivity index (χ3n) is 4.98. The van der Waals surface area contributed by atoms with Crippen LogP contribution in [-0.4, -0.2) is 18.1 Å². The molecule has 4 rings (SSSR count). The van der Waals surface area contributed by atoms with Crippen LogP contribution in [0.25, 0.3) is 0 Å². The van der Waals surface area contributed by atoms with Crippen LogP contribution >= 0.6 is 0 Å². The van der Waals surface area contributed by atoms with Gasteiger partial charge in [0.25, 0.3) is 5.91 Å². The summed E-state index contributed by atoms with van der Waals surface area (Å²) in [5.41, 5.74) is 2.50. The molecule has 6 heteroatoms. The minimum absolute atomic E-state index is 0.232. The number of hydrogen-bond acceptors (Lipinski definition) is 4. The largest absolute Gasteiger partial charge is 0.446 e. The molecule has 0 heterocycles. The molecule has 0 saturated heterocycles. The average molecular weight is 453 g/mol. The molecule has 0 aliphatic heterocycles. The predicted molar refractivity (Wildman–Crippen MR) is 132 cm³/mol. The Morgan fingerprint density at radius 2 is 1.21 bits per heavy atom. The predicted octanol–water partition coefficient (Wildman–Crippen LogP) is 5.67. The summed E-state index contributed by atoms with van der Waals surface area (Å²) < 4.78 is 11.6. The molecule has 0 atom stereocenters. The zero-order valence-electron chi connectivity index (χ0n) is 18.6. The second-order valence-electron chi connectivity index (χ2n) is 7.53. The van der Waals surface area contributed by atoms with Gasteiger partial charge in [-0.25, -0.2) is 0 Å². The van der Waals surface area contributed by atoms with E-state index < -0.39 is 12.2 Å². The van der Waals surface area contributed by atoms with Crippen LogP contribution in [0.5, 0.6) is 11.5 Å². The molecule has 0 fully saturated rings. The van der Waals surface area contributed by atoms with Crippen LogP contribution in [0.3, 0.4) is 0 Å². The van der Waals surface area contributed by atoms with Crippen molar-refractivity contribution in [2.24, 2.45) is 0 Å². The number of carbonyl (C=O) groups is 2. The van der Waals surface area contributed by atoms with Crippen LogP contribution in [-0.2, 0) is 4.79 Å². The smallest absolute Gasteiger partial charge is 0.321 e. The second kappa shape index (κ2) is 10.8. The average Bonchev–Trinajstić information content (AvgIpc) is 2.87. The highest BCUT2D eigenvalue weighted by Crippen LogP contribution is 2.22.